The summed E-state index contributed by atoms with van der Waals surface area (Å²) < 4.78 is 5.67. The van der Waals surface area contributed by atoms with Crippen LogP contribution in [0.4, 0.5) is 0 Å². The fourth-order valence-corrected chi connectivity index (χ4v) is 3.97. The van der Waals surface area contributed by atoms with E-state index in [1.165, 1.54) is 11.3 Å². The number of esters is 1. The van der Waals surface area contributed by atoms with E-state index >= 15 is 0 Å². The molecule has 1 amide bonds. The van der Waals surface area contributed by atoms with Crippen molar-refractivity contribution in [1.82, 2.24) is 5.32 Å². The van der Waals surface area contributed by atoms with E-state index < -0.39 is 30.3 Å². The van der Waals surface area contributed by atoms with Crippen molar-refractivity contribution in [1.29, 1.82) is 0 Å². The van der Waals surface area contributed by atoms with Crippen LogP contribution in [0.2, 0.25) is 0 Å². The van der Waals surface area contributed by atoms with Gasteiger partial charge in [-0.25, -0.2) is 4.79 Å². The van der Waals surface area contributed by atoms with E-state index in [0.717, 1.165) is 10.9 Å². The molecule has 1 atom stereocenters. The molecular weight excluding hydrogens is 406 g/mol. The monoisotopic (exact) mass is 413 g/mol. The highest BCUT2D eigenvalue weighted by Crippen LogP contribution is 2.31. The lowest BCUT2D eigenvalue weighted by Gasteiger charge is -2.12. The molecule has 104 valence electrons. The van der Waals surface area contributed by atoms with Gasteiger partial charge in [0.05, 0.1) is 26.7 Å². The number of carboxylic acid groups (broad SMARTS) is 1. The number of amides is 1. The predicted octanol–water partition coefficient (Wildman–Crippen LogP) is 2.02. The minimum Gasteiger partial charge on any atom is -0.480 e. The predicted molar refractivity (Wildman–Crippen MR) is 75.2 cm³/mol. The average Bonchev–Trinajstić information content (AvgIpc) is 2.67. The Morgan fingerprint density at radius 1 is 1.47 bits per heavy atom. The number of ether oxygens (including phenoxy) is 1. The van der Waals surface area contributed by atoms with Gasteiger partial charge in [-0.1, -0.05) is 0 Å². The second kappa shape index (κ2) is 7.01. The summed E-state index contributed by atoms with van der Waals surface area (Å²) in [6.45, 7) is 0. The molecule has 6 nitrogen and oxygen atoms in total. The highest BCUT2D eigenvalue weighted by Gasteiger charge is 2.25. The first-order valence-electron chi connectivity index (χ1n) is 4.90. The third-order valence-corrected chi connectivity index (χ3v) is 4.44. The van der Waals surface area contributed by atoms with E-state index in [4.69, 9.17) is 5.11 Å². The van der Waals surface area contributed by atoms with Crippen molar-refractivity contribution in [3.05, 3.63) is 19.2 Å². The molecule has 9 heteroatoms. The Labute approximate surface area is 129 Å². The summed E-state index contributed by atoms with van der Waals surface area (Å²) in [5.74, 6) is -2.59. The lowest BCUT2D eigenvalue weighted by atomic mass is 10.2. The summed E-state index contributed by atoms with van der Waals surface area (Å²) in [4.78, 5) is 33.9. The van der Waals surface area contributed by atoms with Gasteiger partial charge in [0.15, 0.2) is 0 Å². The number of carbonyl (C=O) groups is 3. The molecule has 0 unspecified atom stereocenters. The second-order valence-corrected chi connectivity index (χ2v) is 7.13. The van der Waals surface area contributed by atoms with Gasteiger partial charge in [0.1, 0.15) is 6.04 Å². The number of hydrogen-bond donors (Lipinski definition) is 2. The molecule has 0 spiro atoms. The molecule has 1 aromatic rings. The molecule has 0 aliphatic carbocycles. The van der Waals surface area contributed by atoms with Gasteiger partial charge in [-0.05, 0) is 37.9 Å². The van der Waals surface area contributed by atoms with E-state index in [1.807, 2.05) is 0 Å². The molecular formula is C10H9Br2NO5S. The second-order valence-electron chi connectivity index (χ2n) is 3.38. The third kappa shape index (κ3) is 4.59. The number of thiophene rings is 1. The number of rotatable bonds is 5. The zero-order chi connectivity index (χ0) is 14.6. The summed E-state index contributed by atoms with van der Waals surface area (Å²) in [5, 5.41) is 11.2. The van der Waals surface area contributed by atoms with Crippen LogP contribution in [0.5, 0.6) is 0 Å². The molecule has 19 heavy (non-hydrogen) atoms. The summed E-state index contributed by atoms with van der Waals surface area (Å²) in [5.41, 5.74) is 0.299. The quantitative estimate of drug-likeness (QED) is 0.719. The zero-order valence-corrected chi connectivity index (χ0v) is 13.6. The number of hydrogen-bond acceptors (Lipinski definition) is 5. The van der Waals surface area contributed by atoms with Crippen LogP contribution in [0.25, 0.3) is 0 Å². The van der Waals surface area contributed by atoms with E-state index in [0.29, 0.717) is 9.35 Å². The van der Waals surface area contributed by atoms with Crippen LogP contribution in [0.3, 0.4) is 0 Å². The Hall–Kier alpha value is -0.930. The van der Waals surface area contributed by atoms with Crippen molar-refractivity contribution in [2.75, 3.05) is 7.11 Å². The summed E-state index contributed by atoms with van der Waals surface area (Å²) in [7, 11) is 1.15. The maximum atomic E-state index is 11.9. The van der Waals surface area contributed by atoms with Gasteiger partial charge >= 0.3 is 11.9 Å². The van der Waals surface area contributed by atoms with Gasteiger partial charge in [-0.2, -0.15) is 0 Å². The number of carbonyl (C=O) groups excluding carboxylic acids is 2. The molecule has 1 heterocycles. The maximum Gasteiger partial charge on any atom is 0.326 e. The Balaban J connectivity index is 2.79. The molecule has 1 rings (SSSR count). The normalized spacial score (nSPS) is 11.7. The SMILES string of the molecule is COC(=O)C[C@H](NC(=O)c1cc(Br)sc1Br)C(=O)O. The van der Waals surface area contributed by atoms with Crippen molar-refractivity contribution in [3.63, 3.8) is 0 Å². The summed E-state index contributed by atoms with van der Waals surface area (Å²) in [6.07, 6.45) is -0.430. The molecule has 0 saturated heterocycles. The van der Waals surface area contributed by atoms with Crippen molar-refractivity contribution >= 4 is 61.0 Å². The highest BCUT2D eigenvalue weighted by atomic mass is 79.9. The molecule has 0 fully saturated rings. The molecule has 1 aromatic heterocycles. The van der Waals surface area contributed by atoms with Crippen LogP contribution >= 0.6 is 43.2 Å². The van der Waals surface area contributed by atoms with Gasteiger partial charge in [0.2, 0.25) is 0 Å². The first-order chi connectivity index (χ1) is 8.85. The van der Waals surface area contributed by atoms with E-state index in [9.17, 15) is 14.4 Å². The minimum atomic E-state index is -1.33. The molecule has 0 bridgehead atoms. The largest absolute Gasteiger partial charge is 0.480 e. The van der Waals surface area contributed by atoms with Crippen LogP contribution in [0, 0.1) is 0 Å². The first kappa shape index (κ1) is 16.1. The molecule has 0 aromatic carbocycles. The smallest absolute Gasteiger partial charge is 0.326 e. The maximum absolute atomic E-state index is 11.9. The Morgan fingerprint density at radius 3 is 2.53 bits per heavy atom. The Bertz CT molecular complexity index is 516. The topological polar surface area (TPSA) is 92.7 Å². The van der Waals surface area contributed by atoms with Crippen LogP contribution in [-0.2, 0) is 14.3 Å². The van der Waals surface area contributed by atoms with Gasteiger partial charge in [0, 0.05) is 0 Å². The summed E-state index contributed by atoms with van der Waals surface area (Å²) >= 11 is 7.70. The van der Waals surface area contributed by atoms with E-state index in [2.05, 4.69) is 41.9 Å². The number of carboxylic acids is 1. The van der Waals surface area contributed by atoms with Crippen molar-refractivity contribution in [2.45, 2.75) is 12.5 Å². The lowest BCUT2D eigenvalue weighted by Crippen LogP contribution is -2.42. The minimum absolute atomic E-state index is 0.299. The number of methoxy groups -OCH3 is 1. The van der Waals surface area contributed by atoms with Crippen molar-refractivity contribution in [3.8, 4) is 0 Å². The highest BCUT2D eigenvalue weighted by molar-refractivity contribution is 9.12. The van der Waals surface area contributed by atoms with Crippen LogP contribution in [-0.4, -0.2) is 36.1 Å². The van der Waals surface area contributed by atoms with Crippen LogP contribution in [0.1, 0.15) is 16.8 Å². The number of nitrogens with one attached hydrogen (secondary N) is 1. The van der Waals surface area contributed by atoms with E-state index in [-0.39, 0.29) is 0 Å². The van der Waals surface area contributed by atoms with E-state index in [1.54, 1.807) is 6.07 Å². The van der Waals surface area contributed by atoms with Crippen molar-refractivity contribution < 1.29 is 24.2 Å². The number of aliphatic carboxylic acids is 1. The van der Waals surface area contributed by atoms with Gasteiger partial charge < -0.3 is 15.2 Å². The molecule has 0 aliphatic heterocycles. The van der Waals surface area contributed by atoms with Crippen LogP contribution < -0.4 is 5.32 Å². The number of halogens is 2. The van der Waals surface area contributed by atoms with Gasteiger partial charge in [-0.15, -0.1) is 11.3 Å². The van der Waals surface area contributed by atoms with Crippen LogP contribution in [0.15, 0.2) is 13.6 Å². The fraction of sp³-hybridized carbons (Fsp3) is 0.300. The van der Waals surface area contributed by atoms with Gasteiger partial charge in [0.25, 0.3) is 5.91 Å². The standard InChI is InChI=1S/C10H9Br2NO5S/c1-18-7(14)3-5(10(16)17)13-9(15)4-2-6(11)19-8(4)12/h2,5H,3H2,1H3,(H,13,15)(H,16,17)/t5-/m0/s1. The van der Waals surface area contributed by atoms with Gasteiger partial charge in [-0.3, -0.25) is 9.59 Å². The summed E-state index contributed by atoms with van der Waals surface area (Å²) in [6, 6.07) is 0.228. The molecule has 2 N–H and O–H groups in total. The fourth-order valence-electron chi connectivity index (χ4n) is 1.18. The first-order valence-corrected chi connectivity index (χ1v) is 7.30. The molecule has 0 radical (unpaired) electrons. The Kier molecular flexibility index (Phi) is 5.95. The molecule has 0 saturated carbocycles. The Morgan fingerprint density at radius 2 is 2.11 bits per heavy atom. The van der Waals surface area contributed by atoms with Crippen molar-refractivity contribution in [2.24, 2.45) is 0 Å². The third-order valence-electron chi connectivity index (χ3n) is 2.10. The average molecular weight is 415 g/mol. The zero-order valence-electron chi connectivity index (χ0n) is 9.61. The molecule has 0 aliphatic rings. The lowest BCUT2D eigenvalue weighted by molar-refractivity contribution is -0.147.